The first kappa shape index (κ1) is 9.71. The van der Waals surface area contributed by atoms with E-state index in [0.717, 1.165) is 5.69 Å². The molecule has 0 aliphatic heterocycles. The van der Waals surface area contributed by atoms with Crippen LogP contribution in [0.15, 0.2) is 48.7 Å². The fourth-order valence-electron chi connectivity index (χ4n) is 1.59. The molecule has 2 rings (SSSR count). The van der Waals surface area contributed by atoms with Crippen LogP contribution >= 0.6 is 0 Å². The van der Waals surface area contributed by atoms with Gasteiger partial charge >= 0.3 is 0 Å². The van der Waals surface area contributed by atoms with E-state index in [1.54, 1.807) is 6.20 Å². The summed E-state index contributed by atoms with van der Waals surface area (Å²) in [6.07, 6.45) is 1.70. The standard InChI is InChI=1S/C13H14N2/c1-10(11-5-3-2-4-6-11)13-8-7-12(14)9-15-13/h2-10H,14H2,1H3. The van der Waals surface area contributed by atoms with E-state index in [1.165, 1.54) is 5.56 Å². The normalized spacial score (nSPS) is 12.3. The summed E-state index contributed by atoms with van der Waals surface area (Å²) in [5.74, 6) is 0.312. The van der Waals surface area contributed by atoms with Crippen molar-refractivity contribution in [1.82, 2.24) is 4.98 Å². The molecular formula is C13H14N2. The van der Waals surface area contributed by atoms with Crippen molar-refractivity contribution >= 4 is 5.69 Å². The predicted molar refractivity (Wildman–Crippen MR) is 62.6 cm³/mol. The lowest BCUT2D eigenvalue weighted by molar-refractivity contribution is 0.872. The summed E-state index contributed by atoms with van der Waals surface area (Å²) in [5.41, 5.74) is 8.63. The van der Waals surface area contributed by atoms with Crippen LogP contribution in [0.4, 0.5) is 5.69 Å². The molecule has 2 aromatic rings. The molecule has 0 saturated heterocycles. The predicted octanol–water partition coefficient (Wildman–Crippen LogP) is 2.82. The third kappa shape index (κ3) is 2.15. The number of nitrogen functional groups attached to an aromatic ring is 1. The van der Waals surface area contributed by atoms with Gasteiger partial charge in [0.05, 0.1) is 11.9 Å². The largest absolute Gasteiger partial charge is 0.397 e. The Morgan fingerprint density at radius 3 is 2.40 bits per heavy atom. The van der Waals surface area contributed by atoms with Crippen molar-refractivity contribution in [1.29, 1.82) is 0 Å². The summed E-state index contributed by atoms with van der Waals surface area (Å²) >= 11 is 0. The van der Waals surface area contributed by atoms with Gasteiger partial charge in [0.2, 0.25) is 0 Å². The third-order valence-corrected chi connectivity index (χ3v) is 2.55. The molecule has 1 aromatic heterocycles. The van der Waals surface area contributed by atoms with Gasteiger partial charge in [-0.05, 0) is 17.7 Å². The minimum absolute atomic E-state index is 0.312. The van der Waals surface area contributed by atoms with Crippen LogP contribution in [0, 0.1) is 0 Å². The van der Waals surface area contributed by atoms with E-state index < -0.39 is 0 Å². The summed E-state index contributed by atoms with van der Waals surface area (Å²) in [6.45, 7) is 2.15. The molecule has 1 aromatic carbocycles. The second-order valence-electron chi connectivity index (χ2n) is 3.65. The maximum Gasteiger partial charge on any atom is 0.0501 e. The summed E-state index contributed by atoms with van der Waals surface area (Å²) in [6, 6.07) is 14.2. The Hall–Kier alpha value is -1.83. The molecule has 2 heteroatoms. The SMILES string of the molecule is CC(c1ccccc1)c1ccc(N)cn1. The van der Waals surface area contributed by atoms with Crippen molar-refractivity contribution in [2.75, 3.05) is 5.73 Å². The number of aromatic nitrogens is 1. The highest BCUT2D eigenvalue weighted by Crippen LogP contribution is 2.22. The quantitative estimate of drug-likeness (QED) is 0.805. The number of rotatable bonds is 2. The Labute approximate surface area is 89.8 Å². The highest BCUT2D eigenvalue weighted by molar-refractivity contribution is 5.37. The van der Waals surface area contributed by atoms with E-state index in [4.69, 9.17) is 5.73 Å². The highest BCUT2D eigenvalue weighted by Gasteiger charge is 2.08. The molecule has 1 unspecified atom stereocenters. The fourth-order valence-corrected chi connectivity index (χ4v) is 1.59. The summed E-state index contributed by atoms with van der Waals surface area (Å²) in [4.78, 5) is 4.33. The number of hydrogen-bond acceptors (Lipinski definition) is 2. The lowest BCUT2D eigenvalue weighted by Crippen LogP contribution is -1.99. The topological polar surface area (TPSA) is 38.9 Å². The van der Waals surface area contributed by atoms with Gasteiger partial charge in [-0.2, -0.15) is 0 Å². The van der Waals surface area contributed by atoms with E-state index in [2.05, 4.69) is 24.0 Å². The maximum absolute atomic E-state index is 5.60. The van der Waals surface area contributed by atoms with E-state index in [9.17, 15) is 0 Å². The van der Waals surface area contributed by atoms with Gasteiger partial charge < -0.3 is 5.73 Å². The zero-order chi connectivity index (χ0) is 10.7. The lowest BCUT2D eigenvalue weighted by Gasteiger charge is -2.10. The molecule has 0 radical (unpaired) electrons. The van der Waals surface area contributed by atoms with Crippen molar-refractivity contribution in [3.63, 3.8) is 0 Å². The molecule has 76 valence electrons. The number of anilines is 1. The molecule has 0 aliphatic rings. The van der Waals surface area contributed by atoms with Gasteiger partial charge in [-0.3, -0.25) is 4.98 Å². The van der Waals surface area contributed by atoms with Gasteiger partial charge in [-0.1, -0.05) is 37.3 Å². The monoisotopic (exact) mass is 198 g/mol. The van der Waals surface area contributed by atoms with Crippen LogP contribution in [0.1, 0.15) is 24.1 Å². The Morgan fingerprint density at radius 2 is 1.80 bits per heavy atom. The average Bonchev–Trinajstić information content (AvgIpc) is 2.30. The smallest absolute Gasteiger partial charge is 0.0501 e. The van der Waals surface area contributed by atoms with E-state index in [-0.39, 0.29) is 0 Å². The molecular weight excluding hydrogens is 184 g/mol. The van der Waals surface area contributed by atoms with Crippen LogP contribution in [0.25, 0.3) is 0 Å². The molecule has 0 aliphatic carbocycles. The second kappa shape index (κ2) is 4.13. The molecule has 2 nitrogen and oxygen atoms in total. The summed E-state index contributed by atoms with van der Waals surface area (Å²) in [5, 5.41) is 0. The molecule has 1 heterocycles. The van der Waals surface area contributed by atoms with Crippen molar-refractivity contribution < 1.29 is 0 Å². The molecule has 0 saturated carbocycles. The Morgan fingerprint density at radius 1 is 1.07 bits per heavy atom. The fraction of sp³-hybridized carbons (Fsp3) is 0.154. The van der Waals surface area contributed by atoms with Crippen molar-refractivity contribution in [3.05, 3.63) is 59.9 Å². The van der Waals surface area contributed by atoms with Crippen LogP contribution in [0.5, 0.6) is 0 Å². The van der Waals surface area contributed by atoms with Gasteiger partial charge in [0.25, 0.3) is 0 Å². The maximum atomic E-state index is 5.60. The van der Waals surface area contributed by atoms with Gasteiger partial charge in [-0.15, -0.1) is 0 Å². The average molecular weight is 198 g/mol. The second-order valence-corrected chi connectivity index (χ2v) is 3.65. The molecule has 15 heavy (non-hydrogen) atoms. The molecule has 0 spiro atoms. The number of nitrogens with two attached hydrogens (primary N) is 1. The Bertz CT molecular complexity index is 420. The van der Waals surface area contributed by atoms with Gasteiger partial charge in [-0.25, -0.2) is 0 Å². The van der Waals surface area contributed by atoms with Crippen LogP contribution in [-0.2, 0) is 0 Å². The molecule has 2 N–H and O–H groups in total. The van der Waals surface area contributed by atoms with Crippen LogP contribution in [0.2, 0.25) is 0 Å². The van der Waals surface area contributed by atoms with E-state index in [1.807, 2.05) is 30.3 Å². The number of hydrogen-bond donors (Lipinski definition) is 1. The first-order valence-corrected chi connectivity index (χ1v) is 5.04. The minimum Gasteiger partial charge on any atom is -0.397 e. The zero-order valence-corrected chi connectivity index (χ0v) is 8.72. The number of nitrogens with zero attached hydrogens (tertiary/aromatic N) is 1. The zero-order valence-electron chi connectivity index (χ0n) is 8.72. The molecule has 0 amide bonds. The van der Waals surface area contributed by atoms with Gasteiger partial charge in [0.15, 0.2) is 0 Å². The van der Waals surface area contributed by atoms with Crippen molar-refractivity contribution in [3.8, 4) is 0 Å². The molecule has 0 fully saturated rings. The highest BCUT2D eigenvalue weighted by atomic mass is 14.7. The number of pyridine rings is 1. The van der Waals surface area contributed by atoms with Gasteiger partial charge in [0, 0.05) is 11.6 Å². The summed E-state index contributed by atoms with van der Waals surface area (Å²) in [7, 11) is 0. The minimum atomic E-state index is 0.312. The molecule has 1 atom stereocenters. The lowest BCUT2D eigenvalue weighted by atomic mass is 9.97. The van der Waals surface area contributed by atoms with E-state index in [0.29, 0.717) is 11.6 Å². The number of benzene rings is 1. The van der Waals surface area contributed by atoms with Gasteiger partial charge in [0.1, 0.15) is 0 Å². The molecule has 0 bridgehead atoms. The van der Waals surface area contributed by atoms with Crippen LogP contribution < -0.4 is 5.73 Å². The first-order valence-electron chi connectivity index (χ1n) is 5.04. The third-order valence-electron chi connectivity index (χ3n) is 2.55. The Balaban J connectivity index is 2.29. The van der Waals surface area contributed by atoms with Crippen molar-refractivity contribution in [2.24, 2.45) is 0 Å². The van der Waals surface area contributed by atoms with Crippen LogP contribution in [0.3, 0.4) is 0 Å². The first-order chi connectivity index (χ1) is 7.27. The summed E-state index contributed by atoms with van der Waals surface area (Å²) < 4.78 is 0. The van der Waals surface area contributed by atoms with Crippen LogP contribution in [-0.4, -0.2) is 4.98 Å². The van der Waals surface area contributed by atoms with Crippen molar-refractivity contribution in [2.45, 2.75) is 12.8 Å². The Kier molecular flexibility index (Phi) is 2.68. The van der Waals surface area contributed by atoms with E-state index >= 15 is 0 Å².